The van der Waals surface area contributed by atoms with Crippen molar-refractivity contribution in [2.45, 2.75) is 58.4 Å². The lowest BCUT2D eigenvalue weighted by Gasteiger charge is -2.19. The summed E-state index contributed by atoms with van der Waals surface area (Å²) in [7, 11) is 0. The molecule has 0 aromatic heterocycles. The van der Waals surface area contributed by atoms with Gasteiger partial charge in [-0.2, -0.15) is 0 Å². The summed E-state index contributed by atoms with van der Waals surface area (Å²) in [5.74, 6) is 0. The second-order valence-electron chi connectivity index (χ2n) is 5.02. The molecule has 0 aliphatic heterocycles. The van der Waals surface area contributed by atoms with Crippen molar-refractivity contribution < 1.29 is 0 Å². The summed E-state index contributed by atoms with van der Waals surface area (Å²) >= 11 is 12.2. The normalized spacial score (nSPS) is 12.6. The molecule has 0 amide bonds. The fraction of sp³-hybridized carbons (Fsp3) is 0.625. The van der Waals surface area contributed by atoms with E-state index in [2.05, 4.69) is 19.2 Å². The van der Waals surface area contributed by atoms with Crippen LogP contribution in [-0.2, 0) is 0 Å². The Hall–Kier alpha value is -0.240. The number of hydrogen-bond donors (Lipinski definition) is 1. The van der Waals surface area contributed by atoms with Crippen molar-refractivity contribution in [2.24, 2.45) is 0 Å². The molecular weight excluding hydrogens is 277 g/mol. The highest BCUT2D eigenvalue weighted by Crippen LogP contribution is 2.26. The van der Waals surface area contributed by atoms with Crippen LogP contribution in [0.2, 0.25) is 10.0 Å². The molecule has 0 saturated carbocycles. The van der Waals surface area contributed by atoms with Crippen molar-refractivity contribution in [1.82, 2.24) is 5.32 Å². The Morgan fingerprint density at radius 1 is 0.947 bits per heavy atom. The lowest BCUT2D eigenvalue weighted by atomic mass is 9.99. The number of nitrogens with one attached hydrogen (secondary N) is 1. The number of rotatable bonds is 9. The minimum Gasteiger partial charge on any atom is -0.310 e. The van der Waals surface area contributed by atoms with Gasteiger partial charge in [-0.15, -0.1) is 0 Å². The number of benzene rings is 1. The van der Waals surface area contributed by atoms with E-state index in [0.717, 1.165) is 23.0 Å². The molecule has 1 aromatic carbocycles. The Morgan fingerprint density at radius 2 is 1.58 bits per heavy atom. The van der Waals surface area contributed by atoms with E-state index in [1.54, 1.807) is 6.07 Å². The molecule has 19 heavy (non-hydrogen) atoms. The third-order valence-electron chi connectivity index (χ3n) is 3.33. The minimum absolute atomic E-state index is 0.364. The van der Waals surface area contributed by atoms with Crippen LogP contribution < -0.4 is 5.32 Å². The molecule has 0 bridgehead atoms. The van der Waals surface area contributed by atoms with Crippen LogP contribution in [0.25, 0.3) is 0 Å². The average Bonchev–Trinajstić information content (AvgIpc) is 2.36. The fourth-order valence-electron chi connectivity index (χ4n) is 2.36. The molecule has 0 spiro atoms. The van der Waals surface area contributed by atoms with Gasteiger partial charge in [-0.05, 0) is 36.7 Å². The van der Waals surface area contributed by atoms with Gasteiger partial charge in [0.15, 0.2) is 0 Å². The highest BCUT2D eigenvalue weighted by atomic mass is 35.5. The molecular formula is C16H25Cl2N. The molecule has 0 radical (unpaired) electrons. The molecule has 0 fully saturated rings. The van der Waals surface area contributed by atoms with Gasteiger partial charge in [0.2, 0.25) is 0 Å². The maximum Gasteiger partial charge on any atom is 0.0424 e. The fourth-order valence-corrected chi connectivity index (χ4v) is 2.90. The van der Waals surface area contributed by atoms with Gasteiger partial charge < -0.3 is 5.32 Å². The smallest absolute Gasteiger partial charge is 0.0424 e. The highest BCUT2D eigenvalue weighted by molar-refractivity contribution is 6.34. The number of hydrogen-bond acceptors (Lipinski definition) is 1. The summed E-state index contributed by atoms with van der Waals surface area (Å²) in [6.07, 6.45) is 7.68. The monoisotopic (exact) mass is 301 g/mol. The lowest BCUT2D eigenvalue weighted by Crippen LogP contribution is -2.20. The zero-order chi connectivity index (χ0) is 14.1. The largest absolute Gasteiger partial charge is 0.310 e. The maximum absolute atomic E-state index is 6.08. The van der Waals surface area contributed by atoms with Crippen molar-refractivity contribution >= 4 is 23.2 Å². The van der Waals surface area contributed by atoms with Gasteiger partial charge in [-0.3, -0.25) is 0 Å². The van der Waals surface area contributed by atoms with E-state index >= 15 is 0 Å². The Morgan fingerprint density at radius 3 is 2.16 bits per heavy atom. The Bertz CT molecular complexity index is 346. The quantitative estimate of drug-likeness (QED) is 0.551. The minimum atomic E-state index is 0.364. The van der Waals surface area contributed by atoms with Gasteiger partial charge in [0.05, 0.1) is 0 Å². The van der Waals surface area contributed by atoms with Gasteiger partial charge in [0.25, 0.3) is 0 Å². The van der Waals surface area contributed by atoms with E-state index in [4.69, 9.17) is 23.2 Å². The number of halogens is 2. The molecule has 0 heterocycles. The van der Waals surface area contributed by atoms with Gasteiger partial charge in [-0.25, -0.2) is 0 Å². The van der Waals surface area contributed by atoms with Crippen LogP contribution in [0, 0.1) is 0 Å². The standard InChI is InChI=1S/C16H25Cl2N/c1-3-5-6-7-8-9-16(19-4-2)13-10-14(17)12-15(18)11-13/h10-12,16,19H,3-9H2,1-2H3. The van der Waals surface area contributed by atoms with E-state index in [1.807, 2.05) is 12.1 Å². The van der Waals surface area contributed by atoms with Crippen LogP contribution in [0.15, 0.2) is 18.2 Å². The SMILES string of the molecule is CCCCCCCC(NCC)c1cc(Cl)cc(Cl)c1. The molecule has 1 atom stereocenters. The van der Waals surface area contributed by atoms with Crippen molar-refractivity contribution in [3.05, 3.63) is 33.8 Å². The van der Waals surface area contributed by atoms with Crippen LogP contribution in [0.3, 0.4) is 0 Å². The zero-order valence-corrected chi connectivity index (χ0v) is 13.5. The molecule has 1 nitrogen and oxygen atoms in total. The first-order valence-electron chi connectivity index (χ1n) is 7.36. The third-order valence-corrected chi connectivity index (χ3v) is 3.77. The Balaban J connectivity index is 2.55. The molecule has 1 unspecified atom stereocenters. The summed E-state index contributed by atoms with van der Waals surface area (Å²) in [5.41, 5.74) is 1.20. The second kappa shape index (κ2) is 9.63. The Kier molecular flexibility index (Phi) is 8.52. The van der Waals surface area contributed by atoms with Gasteiger partial charge in [0, 0.05) is 16.1 Å². The van der Waals surface area contributed by atoms with Crippen LogP contribution in [0.5, 0.6) is 0 Å². The van der Waals surface area contributed by atoms with Gasteiger partial charge in [0.1, 0.15) is 0 Å². The molecule has 3 heteroatoms. The highest BCUT2D eigenvalue weighted by Gasteiger charge is 2.11. The van der Waals surface area contributed by atoms with Crippen molar-refractivity contribution in [1.29, 1.82) is 0 Å². The molecule has 0 aliphatic rings. The van der Waals surface area contributed by atoms with E-state index in [1.165, 1.54) is 37.7 Å². The van der Waals surface area contributed by atoms with Crippen molar-refractivity contribution in [2.75, 3.05) is 6.54 Å². The van der Waals surface area contributed by atoms with Crippen molar-refractivity contribution in [3.63, 3.8) is 0 Å². The van der Waals surface area contributed by atoms with E-state index in [9.17, 15) is 0 Å². The van der Waals surface area contributed by atoms with E-state index in [-0.39, 0.29) is 0 Å². The predicted octanol–water partition coefficient (Wildman–Crippen LogP) is 6.00. The van der Waals surface area contributed by atoms with Crippen LogP contribution in [0.1, 0.15) is 64.0 Å². The molecule has 1 rings (SSSR count). The molecule has 0 saturated heterocycles. The zero-order valence-electron chi connectivity index (χ0n) is 12.0. The van der Waals surface area contributed by atoms with Gasteiger partial charge >= 0.3 is 0 Å². The summed E-state index contributed by atoms with van der Waals surface area (Å²) in [4.78, 5) is 0. The van der Waals surface area contributed by atoms with Gasteiger partial charge in [-0.1, -0.05) is 69.2 Å². The van der Waals surface area contributed by atoms with Crippen LogP contribution in [-0.4, -0.2) is 6.54 Å². The van der Waals surface area contributed by atoms with E-state index in [0.29, 0.717) is 6.04 Å². The maximum atomic E-state index is 6.08. The lowest BCUT2D eigenvalue weighted by molar-refractivity contribution is 0.479. The third kappa shape index (κ3) is 6.65. The summed E-state index contributed by atoms with van der Waals surface area (Å²) in [5, 5.41) is 4.96. The molecule has 108 valence electrons. The van der Waals surface area contributed by atoms with E-state index < -0.39 is 0 Å². The molecule has 1 aromatic rings. The first kappa shape index (κ1) is 16.8. The molecule has 0 aliphatic carbocycles. The molecule has 1 N–H and O–H groups in total. The Labute approximate surface area is 127 Å². The first-order chi connectivity index (χ1) is 9.17. The van der Waals surface area contributed by atoms with Crippen LogP contribution >= 0.6 is 23.2 Å². The second-order valence-corrected chi connectivity index (χ2v) is 5.89. The summed E-state index contributed by atoms with van der Waals surface area (Å²) in [6, 6.07) is 6.19. The summed E-state index contributed by atoms with van der Waals surface area (Å²) < 4.78 is 0. The summed E-state index contributed by atoms with van der Waals surface area (Å²) in [6.45, 7) is 5.34. The number of unbranched alkanes of at least 4 members (excludes halogenated alkanes) is 4. The van der Waals surface area contributed by atoms with Crippen molar-refractivity contribution in [3.8, 4) is 0 Å². The predicted molar refractivity (Wildman–Crippen MR) is 86.3 cm³/mol. The van der Waals surface area contributed by atoms with Crippen LogP contribution in [0.4, 0.5) is 0 Å². The average molecular weight is 302 g/mol. The topological polar surface area (TPSA) is 12.0 Å². The first-order valence-corrected chi connectivity index (χ1v) is 8.12.